The number of nitrogens with two attached hydrogens (primary N) is 1. The molecule has 0 spiro atoms. The Morgan fingerprint density at radius 3 is 2.43 bits per heavy atom. The number of rotatable bonds is 2. The molecule has 0 bridgehead atoms. The van der Waals surface area contributed by atoms with E-state index in [1.165, 1.54) is 0 Å². The topological polar surface area (TPSA) is 101 Å². The van der Waals surface area contributed by atoms with Crippen molar-refractivity contribution < 1.29 is 19.8 Å². The second kappa shape index (κ2) is 2.48. The first-order valence-electron chi connectivity index (χ1n) is 4.65. The highest BCUT2D eigenvalue weighted by atomic mass is 16.4. The summed E-state index contributed by atoms with van der Waals surface area (Å²) in [6.07, 6.45) is 0.616. The summed E-state index contributed by atoms with van der Waals surface area (Å²) in [5.41, 5.74) is 4.47. The first-order chi connectivity index (χ1) is 6.40. The molecule has 0 unspecified atom stereocenters. The van der Waals surface area contributed by atoms with Crippen molar-refractivity contribution in [3.8, 4) is 0 Å². The molecule has 0 aromatic carbocycles. The highest BCUT2D eigenvalue weighted by Gasteiger charge is 2.72. The third kappa shape index (κ3) is 0.877. The average Bonchev–Trinajstić information content (AvgIpc) is 2.70. The Morgan fingerprint density at radius 1 is 1.43 bits per heavy atom. The van der Waals surface area contributed by atoms with Crippen LogP contribution in [0.15, 0.2) is 0 Å². The van der Waals surface area contributed by atoms with Crippen molar-refractivity contribution in [3.63, 3.8) is 0 Å². The van der Waals surface area contributed by atoms with Crippen LogP contribution in [0.1, 0.15) is 13.3 Å². The van der Waals surface area contributed by atoms with Crippen LogP contribution >= 0.6 is 0 Å². The molecule has 14 heavy (non-hydrogen) atoms. The van der Waals surface area contributed by atoms with Gasteiger partial charge in [-0.15, -0.1) is 0 Å². The van der Waals surface area contributed by atoms with Crippen LogP contribution in [0.5, 0.6) is 0 Å². The van der Waals surface area contributed by atoms with Gasteiger partial charge in [0.25, 0.3) is 0 Å². The molecule has 5 heteroatoms. The molecule has 2 fully saturated rings. The predicted octanol–water partition coefficient (Wildman–Crippen LogP) is -0.245. The molecule has 0 amide bonds. The summed E-state index contributed by atoms with van der Waals surface area (Å²) in [4.78, 5) is 21.8. The molecule has 0 heterocycles. The standard InChI is InChI=1S/C9H13NO4/c1-3-2-4-5(7(11)12)6(4)9(3,10)8(13)14/h3-6H,2,10H2,1H3,(H,11,12)(H,13,14)/t3-,4+,5+,6+,9+/m0/s1. The van der Waals surface area contributed by atoms with Gasteiger partial charge in [0.15, 0.2) is 0 Å². The van der Waals surface area contributed by atoms with Gasteiger partial charge in [-0.2, -0.15) is 0 Å². The molecule has 0 aromatic heterocycles. The predicted molar refractivity (Wildman–Crippen MR) is 46.4 cm³/mol. The van der Waals surface area contributed by atoms with Gasteiger partial charge in [0.2, 0.25) is 0 Å². The van der Waals surface area contributed by atoms with Crippen molar-refractivity contribution in [1.82, 2.24) is 0 Å². The summed E-state index contributed by atoms with van der Waals surface area (Å²) in [7, 11) is 0. The largest absolute Gasteiger partial charge is 0.481 e. The Labute approximate surface area is 80.9 Å². The van der Waals surface area contributed by atoms with Gasteiger partial charge in [0.05, 0.1) is 5.92 Å². The van der Waals surface area contributed by atoms with Crippen molar-refractivity contribution in [2.24, 2.45) is 29.4 Å². The fourth-order valence-electron chi connectivity index (χ4n) is 2.94. The molecule has 2 rings (SSSR count). The second-order valence-electron chi connectivity index (χ2n) is 4.43. The smallest absolute Gasteiger partial charge is 0.324 e. The van der Waals surface area contributed by atoms with E-state index in [1.54, 1.807) is 6.92 Å². The summed E-state index contributed by atoms with van der Waals surface area (Å²) < 4.78 is 0. The Bertz CT molecular complexity index is 316. The van der Waals surface area contributed by atoms with Crippen molar-refractivity contribution >= 4 is 11.9 Å². The monoisotopic (exact) mass is 199 g/mol. The minimum atomic E-state index is -1.33. The van der Waals surface area contributed by atoms with Gasteiger partial charge in [0.1, 0.15) is 5.54 Å². The average molecular weight is 199 g/mol. The molecule has 2 saturated carbocycles. The maximum atomic E-state index is 11.0. The second-order valence-corrected chi connectivity index (χ2v) is 4.43. The van der Waals surface area contributed by atoms with E-state index in [1.807, 2.05) is 0 Å². The summed E-state index contributed by atoms with van der Waals surface area (Å²) in [6.45, 7) is 1.78. The minimum Gasteiger partial charge on any atom is -0.481 e. The van der Waals surface area contributed by atoms with E-state index in [4.69, 9.17) is 15.9 Å². The highest BCUT2D eigenvalue weighted by Crippen LogP contribution is 2.63. The molecule has 0 saturated heterocycles. The van der Waals surface area contributed by atoms with E-state index >= 15 is 0 Å². The number of carboxylic acid groups (broad SMARTS) is 2. The van der Waals surface area contributed by atoms with Gasteiger partial charge in [0, 0.05) is 5.92 Å². The molecule has 2 aliphatic carbocycles. The number of hydrogen-bond donors (Lipinski definition) is 3. The first kappa shape index (κ1) is 9.45. The number of aliphatic carboxylic acids is 2. The Balaban J connectivity index is 2.26. The minimum absolute atomic E-state index is 0.0244. The van der Waals surface area contributed by atoms with Gasteiger partial charge >= 0.3 is 11.9 Å². The Kier molecular flexibility index (Phi) is 1.67. The van der Waals surface area contributed by atoms with Crippen LogP contribution in [-0.2, 0) is 9.59 Å². The lowest BCUT2D eigenvalue weighted by Gasteiger charge is -2.27. The van der Waals surface area contributed by atoms with E-state index in [-0.39, 0.29) is 17.8 Å². The first-order valence-corrected chi connectivity index (χ1v) is 4.65. The van der Waals surface area contributed by atoms with Crippen molar-refractivity contribution in [2.45, 2.75) is 18.9 Å². The number of carbonyl (C=O) groups is 2. The maximum Gasteiger partial charge on any atom is 0.324 e. The van der Waals surface area contributed by atoms with Crippen LogP contribution in [0.4, 0.5) is 0 Å². The fourth-order valence-corrected chi connectivity index (χ4v) is 2.94. The normalized spacial score (nSPS) is 49.9. The van der Waals surface area contributed by atoms with Crippen LogP contribution in [0.3, 0.4) is 0 Å². The number of carboxylic acids is 2. The maximum absolute atomic E-state index is 11.0. The quantitative estimate of drug-likeness (QED) is 0.569. The molecule has 4 N–H and O–H groups in total. The molecule has 5 atom stereocenters. The molecular weight excluding hydrogens is 186 g/mol. The molecule has 5 nitrogen and oxygen atoms in total. The Hall–Kier alpha value is -1.10. The zero-order valence-electron chi connectivity index (χ0n) is 7.80. The van der Waals surface area contributed by atoms with Gasteiger partial charge in [-0.1, -0.05) is 6.92 Å². The lowest BCUT2D eigenvalue weighted by molar-refractivity contribution is -0.147. The van der Waals surface area contributed by atoms with Crippen LogP contribution in [0.2, 0.25) is 0 Å². The molecular formula is C9H13NO4. The van der Waals surface area contributed by atoms with E-state index in [0.29, 0.717) is 6.42 Å². The van der Waals surface area contributed by atoms with Gasteiger partial charge < -0.3 is 15.9 Å². The van der Waals surface area contributed by atoms with E-state index in [9.17, 15) is 9.59 Å². The van der Waals surface area contributed by atoms with E-state index < -0.39 is 23.4 Å². The van der Waals surface area contributed by atoms with Crippen molar-refractivity contribution in [3.05, 3.63) is 0 Å². The fraction of sp³-hybridized carbons (Fsp3) is 0.778. The molecule has 0 aliphatic heterocycles. The molecule has 0 radical (unpaired) electrons. The van der Waals surface area contributed by atoms with Crippen LogP contribution in [0.25, 0.3) is 0 Å². The lowest BCUT2D eigenvalue weighted by atomic mass is 9.83. The van der Waals surface area contributed by atoms with E-state index in [0.717, 1.165) is 0 Å². The van der Waals surface area contributed by atoms with Crippen molar-refractivity contribution in [1.29, 1.82) is 0 Å². The zero-order chi connectivity index (χ0) is 10.7. The SMILES string of the molecule is C[C@H]1C[C@@H]2[C@@H](C(=O)O)[C@@H]2[C@@]1(N)C(=O)O. The third-order valence-electron chi connectivity index (χ3n) is 3.82. The Morgan fingerprint density at radius 2 is 2.00 bits per heavy atom. The van der Waals surface area contributed by atoms with Gasteiger partial charge in [-0.3, -0.25) is 9.59 Å². The summed E-state index contributed by atoms with van der Waals surface area (Å²) in [5.74, 6) is -3.04. The zero-order valence-corrected chi connectivity index (χ0v) is 7.80. The lowest BCUT2D eigenvalue weighted by Crippen LogP contribution is -2.54. The summed E-state index contributed by atoms with van der Waals surface area (Å²) >= 11 is 0. The molecule has 78 valence electrons. The molecule has 0 aromatic rings. The van der Waals surface area contributed by atoms with E-state index in [2.05, 4.69) is 0 Å². The van der Waals surface area contributed by atoms with Gasteiger partial charge in [-0.05, 0) is 18.3 Å². The summed E-state index contributed by atoms with van der Waals surface area (Å²) in [6, 6.07) is 0. The number of hydrogen-bond acceptors (Lipinski definition) is 3. The molecule has 2 aliphatic rings. The van der Waals surface area contributed by atoms with Crippen LogP contribution in [-0.4, -0.2) is 27.7 Å². The summed E-state index contributed by atoms with van der Waals surface area (Å²) in [5, 5.41) is 17.8. The van der Waals surface area contributed by atoms with Crippen molar-refractivity contribution in [2.75, 3.05) is 0 Å². The van der Waals surface area contributed by atoms with Crippen LogP contribution in [0, 0.1) is 23.7 Å². The van der Waals surface area contributed by atoms with Gasteiger partial charge in [-0.25, -0.2) is 0 Å². The third-order valence-corrected chi connectivity index (χ3v) is 3.82. The highest BCUT2D eigenvalue weighted by molar-refractivity contribution is 5.85. The number of fused-ring (bicyclic) bond motifs is 1. The van der Waals surface area contributed by atoms with Crippen LogP contribution < -0.4 is 5.73 Å².